The van der Waals surface area contributed by atoms with Gasteiger partial charge in [0.25, 0.3) is 5.91 Å². The van der Waals surface area contributed by atoms with E-state index in [4.69, 9.17) is 9.47 Å². The Labute approximate surface area is 160 Å². The monoisotopic (exact) mass is 391 g/mol. The van der Waals surface area contributed by atoms with Gasteiger partial charge in [0, 0.05) is 24.9 Å². The summed E-state index contributed by atoms with van der Waals surface area (Å²) >= 11 is 0. The van der Waals surface area contributed by atoms with Gasteiger partial charge in [-0.3, -0.25) is 4.79 Å². The Hall–Kier alpha value is -2.54. The van der Waals surface area contributed by atoms with Crippen molar-refractivity contribution in [1.82, 2.24) is 4.90 Å². The van der Waals surface area contributed by atoms with Gasteiger partial charge >= 0.3 is 0 Å². The van der Waals surface area contributed by atoms with Crippen LogP contribution < -0.4 is 9.47 Å². The molecule has 2 aromatic rings. The Balaban J connectivity index is 2.34. The highest BCUT2D eigenvalue weighted by Gasteiger charge is 2.20. The summed E-state index contributed by atoms with van der Waals surface area (Å²) in [5.74, 6) is 0.997. The maximum absolute atomic E-state index is 13.0. The van der Waals surface area contributed by atoms with Crippen molar-refractivity contribution in [2.24, 2.45) is 0 Å². The largest absolute Gasteiger partial charge is 0.493 e. The summed E-state index contributed by atoms with van der Waals surface area (Å²) in [6.07, 6.45) is 1.13. The zero-order chi connectivity index (χ0) is 20.2. The number of hydrogen-bond donors (Lipinski definition) is 0. The molecular formula is C20H25NO5S. The van der Waals surface area contributed by atoms with Crippen molar-refractivity contribution in [2.75, 3.05) is 27.0 Å². The molecule has 0 saturated carbocycles. The highest BCUT2D eigenvalue weighted by atomic mass is 32.2. The number of methoxy groups -OCH3 is 2. The molecule has 0 unspecified atom stereocenters. The molecular weight excluding hydrogens is 366 g/mol. The molecule has 146 valence electrons. The third-order valence-corrected chi connectivity index (χ3v) is 5.47. The number of aryl methyl sites for hydroxylation is 1. The topological polar surface area (TPSA) is 72.9 Å². The summed E-state index contributed by atoms with van der Waals surface area (Å²) in [6, 6.07) is 10.1. The molecule has 27 heavy (non-hydrogen) atoms. The Morgan fingerprint density at radius 2 is 1.70 bits per heavy atom. The predicted molar refractivity (Wildman–Crippen MR) is 104 cm³/mol. The minimum Gasteiger partial charge on any atom is -0.493 e. The molecule has 0 fully saturated rings. The van der Waals surface area contributed by atoms with Gasteiger partial charge in [0.05, 0.1) is 19.1 Å². The highest BCUT2D eigenvalue weighted by molar-refractivity contribution is 7.90. The van der Waals surface area contributed by atoms with E-state index < -0.39 is 9.84 Å². The first-order chi connectivity index (χ1) is 12.7. The van der Waals surface area contributed by atoms with Crippen LogP contribution in [0.5, 0.6) is 11.5 Å². The number of benzene rings is 2. The molecule has 2 rings (SSSR count). The molecule has 0 atom stereocenters. The number of amides is 1. The molecule has 0 N–H and O–H groups in total. The molecule has 0 aliphatic heterocycles. The third kappa shape index (κ3) is 4.80. The summed E-state index contributed by atoms with van der Waals surface area (Å²) in [5.41, 5.74) is 2.01. The molecule has 0 aliphatic rings. The molecule has 0 aromatic heterocycles. The summed E-state index contributed by atoms with van der Waals surface area (Å²) in [4.78, 5) is 14.8. The van der Waals surface area contributed by atoms with Crippen molar-refractivity contribution in [3.63, 3.8) is 0 Å². The van der Waals surface area contributed by atoms with Crippen LogP contribution in [0.1, 0.15) is 28.4 Å². The quantitative estimate of drug-likeness (QED) is 0.725. The van der Waals surface area contributed by atoms with Gasteiger partial charge < -0.3 is 14.4 Å². The zero-order valence-electron chi connectivity index (χ0n) is 16.3. The summed E-state index contributed by atoms with van der Waals surface area (Å²) < 4.78 is 34.2. The van der Waals surface area contributed by atoms with Gasteiger partial charge in [-0.1, -0.05) is 12.1 Å². The number of ether oxygens (including phenoxy) is 2. The van der Waals surface area contributed by atoms with E-state index in [2.05, 4.69) is 0 Å². The van der Waals surface area contributed by atoms with E-state index in [9.17, 15) is 13.2 Å². The summed E-state index contributed by atoms with van der Waals surface area (Å²) in [5, 5.41) is 0. The standard InChI is InChI=1S/C20H25NO5S/c1-6-21(13-15-8-10-18(25-3)19(11-15)26-4)20(22)17-12-16(27(5,23)24)9-7-14(17)2/h7-12H,6,13H2,1-5H3. The van der Waals surface area contributed by atoms with Gasteiger partial charge in [-0.05, 0) is 49.2 Å². The normalized spacial score (nSPS) is 11.1. The highest BCUT2D eigenvalue weighted by Crippen LogP contribution is 2.28. The van der Waals surface area contributed by atoms with Crippen molar-refractivity contribution in [2.45, 2.75) is 25.3 Å². The first kappa shape index (κ1) is 20.8. The molecule has 6 nitrogen and oxygen atoms in total. The van der Waals surface area contributed by atoms with Crippen LogP contribution in [-0.2, 0) is 16.4 Å². The minimum atomic E-state index is -3.38. The number of carbonyl (C=O) groups excluding carboxylic acids is 1. The first-order valence-corrected chi connectivity index (χ1v) is 10.4. The summed E-state index contributed by atoms with van der Waals surface area (Å²) in [6.45, 7) is 4.53. The van der Waals surface area contributed by atoms with Crippen molar-refractivity contribution >= 4 is 15.7 Å². The minimum absolute atomic E-state index is 0.138. The molecule has 0 spiro atoms. The van der Waals surface area contributed by atoms with Crippen molar-refractivity contribution in [1.29, 1.82) is 0 Å². The predicted octanol–water partition coefficient (Wildman–Crippen LogP) is 3.08. The Morgan fingerprint density at radius 1 is 1.04 bits per heavy atom. The average molecular weight is 391 g/mol. The lowest BCUT2D eigenvalue weighted by Gasteiger charge is -2.23. The average Bonchev–Trinajstić information content (AvgIpc) is 2.64. The molecule has 0 heterocycles. The van der Waals surface area contributed by atoms with Crippen LogP contribution in [-0.4, -0.2) is 46.2 Å². The van der Waals surface area contributed by atoms with Crippen LogP contribution in [0.25, 0.3) is 0 Å². The second kappa shape index (κ2) is 8.43. The van der Waals surface area contributed by atoms with E-state index in [0.29, 0.717) is 30.2 Å². The molecule has 0 bridgehead atoms. The second-order valence-electron chi connectivity index (χ2n) is 6.26. The van der Waals surface area contributed by atoms with Gasteiger partial charge in [0.2, 0.25) is 0 Å². The SMILES string of the molecule is CCN(Cc1ccc(OC)c(OC)c1)C(=O)c1cc(S(C)(=O)=O)ccc1C. The van der Waals surface area contributed by atoms with Gasteiger partial charge in [-0.15, -0.1) is 0 Å². The maximum atomic E-state index is 13.0. The van der Waals surface area contributed by atoms with Gasteiger partial charge in [-0.2, -0.15) is 0 Å². The van der Waals surface area contributed by atoms with Crippen LogP contribution in [0.15, 0.2) is 41.3 Å². The molecule has 7 heteroatoms. The van der Waals surface area contributed by atoms with E-state index in [1.54, 1.807) is 38.2 Å². The first-order valence-electron chi connectivity index (χ1n) is 8.52. The van der Waals surface area contributed by atoms with Gasteiger partial charge in [0.15, 0.2) is 21.3 Å². The zero-order valence-corrected chi connectivity index (χ0v) is 17.1. The van der Waals surface area contributed by atoms with E-state index in [1.807, 2.05) is 19.1 Å². The van der Waals surface area contributed by atoms with Gasteiger partial charge in [-0.25, -0.2) is 8.42 Å². The van der Waals surface area contributed by atoms with Crippen LogP contribution in [0.4, 0.5) is 0 Å². The lowest BCUT2D eigenvalue weighted by molar-refractivity contribution is 0.0751. The van der Waals surface area contributed by atoms with Crippen LogP contribution >= 0.6 is 0 Å². The molecule has 0 saturated heterocycles. The van der Waals surface area contributed by atoms with Crippen molar-refractivity contribution in [3.8, 4) is 11.5 Å². The smallest absolute Gasteiger partial charge is 0.254 e. The number of hydrogen-bond acceptors (Lipinski definition) is 5. The van der Waals surface area contributed by atoms with E-state index in [1.165, 1.54) is 12.1 Å². The van der Waals surface area contributed by atoms with E-state index >= 15 is 0 Å². The fourth-order valence-electron chi connectivity index (χ4n) is 2.76. The number of carbonyl (C=O) groups is 1. The number of sulfone groups is 1. The van der Waals surface area contributed by atoms with Crippen LogP contribution in [0.3, 0.4) is 0 Å². The third-order valence-electron chi connectivity index (χ3n) is 4.36. The fraction of sp³-hybridized carbons (Fsp3) is 0.350. The van der Waals surface area contributed by atoms with Crippen LogP contribution in [0, 0.1) is 6.92 Å². The molecule has 0 aliphatic carbocycles. The van der Waals surface area contributed by atoms with Crippen molar-refractivity contribution < 1.29 is 22.7 Å². The molecule has 2 aromatic carbocycles. The van der Waals surface area contributed by atoms with Crippen LogP contribution in [0.2, 0.25) is 0 Å². The Morgan fingerprint density at radius 3 is 2.26 bits per heavy atom. The maximum Gasteiger partial charge on any atom is 0.254 e. The number of rotatable bonds is 7. The summed E-state index contributed by atoms with van der Waals surface area (Å²) in [7, 11) is -0.258. The molecule has 0 radical (unpaired) electrons. The van der Waals surface area contributed by atoms with Gasteiger partial charge in [0.1, 0.15) is 0 Å². The van der Waals surface area contributed by atoms with E-state index in [0.717, 1.165) is 17.4 Å². The lowest BCUT2D eigenvalue weighted by Crippen LogP contribution is -2.31. The lowest BCUT2D eigenvalue weighted by atomic mass is 10.1. The Bertz CT molecular complexity index is 937. The van der Waals surface area contributed by atoms with Crippen molar-refractivity contribution in [3.05, 3.63) is 53.1 Å². The fourth-order valence-corrected chi connectivity index (χ4v) is 3.41. The van der Waals surface area contributed by atoms with E-state index in [-0.39, 0.29) is 10.8 Å². The number of nitrogens with zero attached hydrogens (tertiary/aromatic N) is 1. The Kier molecular flexibility index (Phi) is 6.49. The second-order valence-corrected chi connectivity index (χ2v) is 8.27. The molecule has 1 amide bonds.